The molecule has 0 aliphatic heterocycles. The molecule has 0 aliphatic rings. The quantitative estimate of drug-likeness (QED) is 0.171. The first-order valence-electron chi connectivity index (χ1n) is 13.3. The number of hydrogen-bond donors (Lipinski definition) is 0. The number of aryl methyl sites for hydroxylation is 3. The zero-order valence-electron chi connectivity index (χ0n) is 23.6. The van der Waals surface area contributed by atoms with Crippen molar-refractivity contribution < 1.29 is 28.6 Å². The van der Waals surface area contributed by atoms with Gasteiger partial charge >= 0.3 is 0 Å². The summed E-state index contributed by atoms with van der Waals surface area (Å²) < 4.78 is 29.8. The molecule has 0 saturated heterocycles. The van der Waals surface area contributed by atoms with Crippen molar-refractivity contribution in [3.63, 3.8) is 0 Å². The van der Waals surface area contributed by atoms with Gasteiger partial charge in [-0.3, -0.25) is 0 Å². The number of fused-ring (bicyclic) bond motifs is 4. The van der Waals surface area contributed by atoms with Gasteiger partial charge in [-0.2, -0.15) is 0 Å². The van der Waals surface area contributed by atoms with E-state index < -0.39 is 6.85 Å². The normalized spacial score (nSPS) is 12.3. The van der Waals surface area contributed by atoms with E-state index in [9.17, 15) is 0 Å². The van der Waals surface area contributed by atoms with Crippen molar-refractivity contribution in [1.29, 1.82) is 0 Å². The molecule has 0 atom stereocenters. The molecule has 0 unspecified atom stereocenters. The van der Waals surface area contributed by atoms with Crippen LogP contribution in [0.1, 0.15) is 20.2 Å². The smallest absolute Gasteiger partial charge is 0.216 e. The fraction of sp³-hybridized carbons (Fsp3) is 0.0938. The molecule has 0 bridgehead atoms. The Hall–Kier alpha value is -3.70. The monoisotopic (exact) mass is 693 g/mol. The summed E-state index contributed by atoms with van der Waals surface area (Å²) in [5.74, 6) is 0. The number of aromatic nitrogens is 3. The predicted octanol–water partition coefficient (Wildman–Crippen LogP) is 8.53. The molecule has 4 nitrogen and oxygen atoms in total. The molecule has 7 rings (SSSR count). The van der Waals surface area contributed by atoms with Crippen molar-refractivity contribution in [3.8, 4) is 22.5 Å². The third-order valence-electron chi connectivity index (χ3n) is 5.98. The van der Waals surface area contributed by atoms with Crippen LogP contribution in [-0.4, -0.2) is 15.0 Å². The van der Waals surface area contributed by atoms with Gasteiger partial charge in [0, 0.05) is 62.7 Å². The summed E-state index contributed by atoms with van der Waals surface area (Å²) in [5, 5.41) is 2.76. The van der Waals surface area contributed by atoms with Gasteiger partial charge in [-0.15, -0.1) is 65.4 Å². The maximum absolute atomic E-state index is 7.55. The molecule has 2 aromatic carbocycles. The number of rotatable bonds is 2. The SMILES string of the molecule is Cc1ccc(-c2[c-]cccc2)nc1.[2H]C([2H])([2H])c1ccc2c(n1)oc1c(-c3cc4sc(C)cc4cn3)[c-]ccc12.[Ir]. The fourth-order valence-electron chi connectivity index (χ4n) is 4.20. The summed E-state index contributed by atoms with van der Waals surface area (Å²) in [7, 11) is 0. The fourth-order valence-corrected chi connectivity index (χ4v) is 5.13. The van der Waals surface area contributed by atoms with E-state index in [1.807, 2.05) is 67.8 Å². The van der Waals surface area contributed by atoms with Gasteiger partial charge in [0.2, 0.25) is 5.71 Å². The first-order chi connectivity index (χ1) is 19.3. The minimum Gasteiger partial charge on any atom is -0.486 e. The molecule has 38 heavy (non-hydrogen) atoms. The molecule has 0 aliphatic carbocycles. The standard InChI is InChI=1S/C20H13N2OS.C12H10N.Ir/c1-11-6-7-15-14-4-3-5-16(19(14)23-20(15)22-11)17-9-18-13(10-21-17)8-12(2)24-18;1-10-7-8-12(13-9-10)11-5-3-2-4-6-11;/h3-4,6-10H,1-2H3;2-5,7-9H,1H3;/q2*-1;/i1D3;;. The number of nitrogens with zero attached hydrogens (tertiary/aromatic N) is 3. The van der Waals surface area contributed by atoms with E-state index in [-0.39, 0.29) is 25.8 Å². The molecule has 0 amide bonds. The first-order valence-corrected chi connectivity index (χ1v) is 12.6. The molecule has 7 aromatic rings. The average Bonchev–Trinajstić information content (AvgIpc) is 3.52. The van der Waals surface area contributed by atoms with Crippen LogP contribution in [0, 0.1) is 32.8 Å². The van der Waals surface area contributed by atoms with Crippen LogP contribution in [0.3, 0.4) is 0 Å². The van der Waals surface area contributed by atoms with Crippen molar-refractivity contribution in [2.45, 2.75) is 20.7 Å². The molecular weight excluding hydrogens is 667 g/mol. The van der Waals surface area contributed by atoms with E-state index in [1.54, 1.807) is 17.4 Å². The molecule has 0 saturated carbocycles. The van der Waals surface area contributed by atoms with Gasteiger partial charge in [0.1, 0.15) is 0 Å². The van der Waals surface area contributed by atoms with Gasteiger partial charge in [0.15, 0.2) is 0 Å². The Morgan fingerprint density at radius 3 is 2.55 bits per heavy atom. The summed E-state index contributed by atoms with van der Waals surface area (Å²) >= 11 is 1.72. The Morgan fingerprint density at radius 1 is 0.868 bits per heavy atom. The first kappa shape index (κ1) is 22.3. The van der Waals surface area contributed by atoms with Crippen molar-refractivity contribution in [2.24, 2.45) is 0 Å². The van der Waals surface area contributed by atoms with E-state index in [0.717, 1.165) is 43.4 Å². The molecule has 5 heterocycles. The Kier molecular flexibility index (Phi) is 6.43. The van der Waals surface area contributed by atoms with Crippen LogP contribution >= 0.6 is 11.3 Å². The Labute approximate surface area is 243 Å². The van der Waals surface area contributed by atoms with Crippen LogP contribution in [0.4, 0.5) is 0 Å². The zero-order chi connectivity index (χ0) is 27.9. The number of thiophene rings is 1. The second-order valence-corrected chi connectivity index (χ2v) is 10.00. The largest absolute Gasteiger partial charge is 0.486 e. The van der Waals surface area contributed by atoms with Crippen molar-refractivity contribution >= 4 is 43.5 Å². The van der Waals surface area contributed by atoms with Crippen LogP contribution in [-0.2, 0) is 20.1 Å². The van der Waals surface area contributed by atoms with Crippen molar-refractivity contribution in [1.82, 2.24) is 15.0 Å². The van der Waals surface area contributed by atoms with E-state index >= 15 is 0 Å². The molecule has 189 valence electrons. The van der Waals surface area contributed by atoms with E-state index in [0.29, 0.717) is 11.3 Å². The molecule has 5 aromatic heterocycles. The van der Waals surface area contributed by atoms with Gasteiger partial charge in [-0.25, -0.2) is 4.98 Å². The van der Waals surface area contributed by atoms with Gasteiger partial charge in [0.05, 0.1) is 5.58 Å². The number of benzene rings is 2. The minimum atomic E-state index is -2.27. The Balaban J connectivity index is 0.000000204. The molecular formula is C32H23IrN3OS-2. The molecule has 0 N–H and O–H groups in total. The van der Waals surface area contributed by atoms with Gasteiger partial charge < -0.3 is 14.4 Å². The van der Waals surface area contributed by atoms with E-state index in [2.05, 4.69) is 46.1 Å². The Morgan fingerprint density at radius 2 is 1.76 bits per heavy atom. The van der Waals surface area contributed by atoms with Gasteiger partial charge in [-0.1, -0.05) is 29.1 Å². The van der Waals surface area contributed by atoms with E-state index in [1.165, 1.54) is 16.5 Å². The number of hydrogen-bond acceptors (Lipinski definition) is 5. The maximum atomic E-state index is 7.55. The predicted molar refractivity (Wildman–Crippen MR) is 152 cm³/mol. The van der Waals surface area contributed by atoms with Crippen LogP contribution < -0.4 is 0 Å². The topological polar surface area (TPSA) is 51.8 Å². The summed E-state index contributed by atoms with van der Waals surface area (Å²) in [4.78, 5) is 14.3. The Bertz CT molecular complexity index is 1970. The molecule has 0 fully saturated rings. The molecule has 1 radical (unpaired) electrons. The number of furan rings is 1. The second kappa shape index (κ2) is 11.0. The van der Waals surface area contributed by atoms with Gasteiger partial charge in [-0.05, 0) is 55.8 Å². The third kappa shape index (κ3) is 5.16. The summed E-state index contributed by atoms with van der Waals surface area (Å²) in [6.07, 6.45) is 3.73. The van der Waals surface area contributed by atoms with Crippen molar-refractivity contribution in [3.05, 3.63) is 113 Å². The van der Waals surface area contributed by atoms with Crippen LogP contribution in [0.5, 0.6) is 0 Å². The van der Waals surface area contributed by atoms with E-state index in [4.69, 9.17) is 8.53 Å². The third-order valence-corrected chi connectivity index (χ3v) is 6.99. The molecule has 0 spiro atoms. The van der Waals surface area contributed by atoms with Crippen LogP contribution in [0.25, 0.3) is 54.7 Å². The zero-order valence-corrected chi connectivity index (χ0v) is 23.8. The van der Waals surface area contributed by atoms with Crippen LogP contribution in [0.2, 0.25) is 0 Å². The second-order valence-electron chi connectivity index (χ2n) is 8.71. The van der Waals surface area contributed by atoms with Gasteiger partial charge in [0.25, 0.3) is 0 Å². The minimum absolute atomic E-state index is 0. The average molecular weight is 693 g/mol. The van der Waals surface area contributed by atoms with Crippen molar-refractivity contribution in [2.75, 3.05) is 0 Å². The number of pyridine rings is 3. The summed E-state index contributed by atoms with van der Waals surface area (Å²) in [6.45, 7) is 1.84. The molecule has 6 heteroatoms. The summed E-state index contributed by atoms with van der Waals surface area (Å²) in [5.41, 5.74) is 5.66. The van der Waals surface area contributed by atoms with Crippen LogP contribution in [0.15, 0.2) is 89.6 Å². The summed E-state index contributed by atoms with van der Waals surface area (Å²) in [6, 6.07) is 29.4. The maximum Gasteiger partial charge on any atom is 0.216 e.